The first-order valence-corrected chi connectivity index (χ1v) is 7.77. The second-order valence-electron chi connectivity index (χ2n) is 5.61. The van der Waals surface area contributed by atoms with Gasteiger partial charge in [0.2, 0.25) is 0 Å². The van der Waals surface area contributed by atoms with E-state index in [-0.39, 0.29) is 25.1 Å². The molecule has 1 rings (SSSR count). The third kappa shape index (κ3) is 7.45. The van der Waals surface area contributed by atoms with Gasteiger partial charge in [-0.2, -0.15) is 0 Å². The molecule has 0 heterocycles. The highest BCUT2D eigenvalue weighted by Crippen LogP contribution is 2.17. The first-order chi connectivity index (χ1) is 11.0. The highest BCUT2D eigenvalue weighted by Gasteiger charge is 2.23. The van der Waals surface area contributed by atoms with Crippen LogP contribution in [0.4, 0.5) is 4.79 Å². The predicted octanol–water partition coefficient (Wildman–Crippen LogP) is -0.176. The second kappa shape index (κ2) is 10.2. The van der Waals surface area contributed by atoms with Gasteiger partial charge in [-0.3, -0.25) is 0 Å². The van der Waals surface area contributed by atoms with Crippen molar-refractivity contribution in [3.8, 4) is 0 Å². The number of aliphatic hydroxyl groups excluding tert-OH is 2. The zero-order chi connectivity index (χ0) is 17.2. The first kappa shape index (κ1) is 19.4. The molecule has 0 aromatic carbocycles. The lowest BCUT2D eigenvalue weighted by Gasteiger charge is -2.26. The van der Waals surface area contributed by atoms with Crippen LogP contribution in [0.2, 0.25) is 0 Å². The highest BCUT2D eigenvalue weighted by molar-refractivity contribution is 5.81. The van der Waals surface area contributed by atoms with Crippen molar-refractivity contribution in [2.45, 2.75) is 56.4 Å². The third-order valence-electron chi connectivity index (χ3n) is 3.78. The van der Waals surface area contributed by atoms with Gasteiger partial charge in [-0.25, -0.2) is 9.59 Å². The molecular weight excluding hydrogens is 304 g/mol. The summed E-state index contributed by atoms with van der Waals surface area (Å²) >= 11 is 0. The largest absolute Gasteiger partial charge is 0.456 e. The number of carbonyl (C=O) groups is 2. The van der Waals surface area contributed by atoms with Crippen LogP contribution in [-0.2, 0) is 14.3 Å². The number of hydrogen-bond donors (Lipinski definition) is 4. The van der Waals surface area contributed by atoms with Gasteiger partial charge >= 0.3 is 12.1 Å². The van der Waals surface area contributed by atoms with E-state index in [9.17, 15) is 14.7 Å². The minimum atomic E-state index is -1.25. The van der Waals surface area contributed by atoms with Gasteiger partial charge < -0.3 is 30.7 Å². The monoisotopic (exact) mass is 330 g/mol. The normalized spacial score (nSPS) is 23.4. The molecule has 0 aromatic heterocycles. The second-order valence-corrected chi connectivity index (χ2v) is 5.61. The van der Waals surface area contributed by atoms with Crippen molar-refractivity contribution in [2.75, 3.05) is 13.2 Å². The molecule has 5 N–H and O–H groups in total. The van der Waals surface area contributed by atoms with Crippen molar-refractivity contribution in [1.29, 1.82) is 0 Å². The molecule has 8 nitrogen and oxygen atoms in total. The van der Waals surface area contributed by atoms with E-state index in [2.05, 4.69) is 11.9 Å². The Labute approximate surface area is 135 Å². The van der Waals surface area contributed by atoms with Crippen molar-refractivity contribution in [3.63, 3.8) is 0 Å². The number of esters is 1. The number of amides is 1. The van der Waals surface area contributed by atoms with Crippen molar-refractivity contribution in [2.24, 2.45) is 5.73 Å². The average Bonchev–Trinajstić information content (AvgIpc) is 2.55. The number of nitrogens with two attached hydrogens (primary N) is 1. The van der Waals surface area contributed by atoms with E-state index in [1.807, 2.05) is 0 Å². The number of ether oxygens (including phenoxy) is 2. The maximum atomic E-state index is 11.7. The van der Waals surface area contributed by atoms with Gasteiger partial charge in [0, 0.05) is 24.6 Å². The summed E-state index contributed by atoms with van der Waals surface area (Å²) in [5.74, 6) is -0.717. The summed E-state index contributed by atoms with van der Waals surface area (Å²) in [6, 6.07) is 0.254. The molecule has 23 heavy (non-hydrogen) atoms. The molecule has 0 aliphatic heterocycles. The van der Waals surface area contributed by atoms with Gasteiger partial charge in [-0.1, -0.05) is 6.58 Å². The lowest BCUT2D eigenvalue weighted by Crippen LogP contribution is -2.41. The van der Waals surface area contributed by atoms with E-state index in [1.165, 1.54) is 0 Å². The number of aliphatic hydroxyl groups is 2. The van der Waals surface area contributed by atoms with Gasteiger partial charge in [-0.05, 0) is 25.7 Å². The van der Waals surface area contributed by atoms with Gasteiger partial charge in [-0.15, -0.1) is 0 Å². The molecule has 1 amide bonds. The Balaban J connectivity index is 2.29. The van der Waals surface area contributed by atoms with E-state index in [0.717, 1.165) is 31.8 Å². The fraction of sp³-hybridized carbons (Fsp3) is 0.733. The zero-order valence-electron chi connectivity index (χ0n) is 13.1. The molecule has 2 unspecified atom stereocenters. The van der Waals surface area contributed by atoms with Gasteiger partial charge in [0.05, 0.1) is 13.2 Å². The molecular formula is C15H26N2O6. The predicted molar refractivity (Wildman–Crippen MR) is 82.5 cm³/mol. The number of rotatable bonds is 8. The van der Waals surface area contributed by atoms with Crippen molar-refractivity contribution < 1.29 is 29.3 Å². The minimum Gasteiger partial charge on any atom is -0.456 e. The molecule has 8 heteroatoms. The lowest BCUT2D eigenvalue weighted by atomic mass is 9.92. The van der Waals surface area contributed by atoms with Crippen LogP contribution in [0.25, 0.3) is 0 Å². The van der Waals surface area contributed by atoms with Crippen LogP contribution in [-0.4, -0.2) is 59.8 Å². The van der Waals surface area contributed by atoms with Crippen LogP contribution in [0.3, 0.4) is 0 Å². The molecule has 1 saturated carbocycles. The summed E-state index contributed by atoms with van der Waals surface area (Å²) in [4.78, 5) is 22.9. The maximum absolute atomic E-state index is 11.7. The smallest absolute Gasteiger partial charge is 0.407 e. The molecule has 0 saturated heterocycles. The molecule has 2 atom stereocenters. The Morgan fingerprint density at radius 3 is 2.57 bits per heavy atom. The molecule has 132 valence electrons. The Kier molecular flexibility index (Phi) is 8.60. The molecule has 1 aliphatic rings. The highest BCUT2D eigenvalue weighted by atomic mass is 16.6. The topological polar surface area (TPSA) is 131 Å². The maximum Gasteiger partial charge on any atom is 0.407 e. The molecule has 0 aromatic rings. The summed E-state index contributed by atoms with van der Waals surface area (Å²) in [6.45, 7) is 2.64. The summed E-state index contributed by atoms with van der Waals surface area (Å²) in [5, 5.41) is 21.3. The van der Waals surface area contributed by atoms with Crippen LogP contribution in [0.5, 0.6) is 0 Å². The standard InChI is InChI=1S/C15H26N2O6/c1-2-14(20)23-13(12(19)9-18)7-8-22-15(21)17-11-5-3-10(16)4-6-11/h2,10-13,18-19H,1,3-9,16H2,(H,17,21). The Morgan fingerprint density at radius 2 is 2.00 bits per heavy atom. The Morgan fingerprint density at radius 1 is 1.35 bits per heavy atom. The molecule has 1 aliphatic carbocycles. The van der Waals surface area contributed by atoms with Crippen LogP contribution < -0.4 is 11.1 Å². The molecule has 1 fully saturated rings. The number of nitrogens with one attached hydrogen (secondary N) is 1. The van der Waals surface area contributed by atoms with E-state index < -0.39 is 30.9 Å². The van der Waals surface area contributed by atoms with E-state index in [0.29, 0.717) is 0 Å². The fourth-order valence-electron chi connectivity index (χ4n) is 2.38. The minimum absolute atomic E-state index is 0.0514. The van der Waals surface area contributed by atoms with Crippen molar-refractivity contribution in [3.05, 3.63) is 12.7 Å². The quantitative estimate of drug-likeness (QED) is 0.359. The van der Waals surface area contributed by atoms with Crippen LogP contribution >= 0.6 is 0 Å². The van der Waals surface area contributed by atoms with Gasteiger partial charge in [0.15, 0.2) is 0 Å². The molecule has 0 spiro atoms. The van der Waals surface area contributed by atoms with Crippen LogP contribution in [0.1, 0.15) is 32.1 Å². The Bertz CT molecular complexity index is 395. The SMILES string of the molecule is C=CC(=O)OC(CCOC(=O)NC1CCC(N)CC1)C(O)CO. The van der Waals surface area contributed by atoms with Gasteiger partial charge in [0.1, 0.15) is 12.2 Å². The molecule has 0 bridgehead atoms. The Hall–Kier alpha value is -1.64. The van der Waals surface area contributed by atoms with E-state index in [1.54, 1.807) is 0 Å². The van der Waals surface area contributed by atoms with Crippen LogP contribution in [0, 0.1) is 0 Å². The van der Waals surface area contributed by atoms with Crippen LogP contribution in [0.15, 0.2) is 12.7 Å². The van der Waals surface area contributed by atoms with E-state index >= 15 is 0 Å². The van der Waals surface area contributed by atoms with Crippen molar-refractivity contribution in [1.82, 2.24) is 5.32 Å². The number of carbonyl (C=O) groups excluding carboxylic acids is 2. The average molecular weight is 330 g/mol. The summed E-state index contributed by atoms with van der Waals surface area (Å²) in [7, 11) is 0. The summed E-state index contributed by atoms with van der Waals surface area (Å²) < 4.78 is 9.92. The summed E-state index contributed by atoms with van der Waals surface area (Å²) in [6.07, 6.45) is 1.63. The molecule has 0 radical (unpaired) electrons. The number of hydrogen-bond acceptors (Lipinski definition) is 7. The summed E-state index contributed by atoms with van der Waals surface area (Å²) in [5.41, 5.74) is 5.80. The van der Waals surface area contributed by atoms with Gasteiger partial charge in [0.25, 0.3) is 0 Å². The van der Waals surface area contributed by atoms with Crippen molar-refractivity contribution >= 4 is 12.1 Å². The lowest BCUT2D eigenvalue weighted by molar-refractivity contribution is -0.151. The third-order valence-corrected chi connectivity index (χ3v) is 3.78. The van der Waals surface area contributed by atoms with E-state index in [4.69, 9.17) is 20.3 Å². The first-order valence-electron chi connectivity index (χ1n) is 7.77. The fourth-order valence-corrected chi connectivity index (χ4v) is 2.38. The zero-order valence-corrected chi connectivity index (χ0v) is 13.1. The number of alkyl carbamates (subject to hydrolysis) is 1.